The first-order valence-corrected chi connectivity index (χ1v) is 3.57. The number of hydrogen-bond donors (Lipinski definition) is 2. The minimum Gasteiger partial charge on any atom is -0.364 e. The summed E-state index contributed by atoms with van der Waals surface area (Å²) < 4.78 is 5.17. The van der Waals surface area contributed by atoms with Gasteiger partial charge in [0.15, 0.2) is 5.79 Å². The van der Waals surface area contributed by atoms with Gasteiger partial charge >= 0.3 is 0 Å². The van der Waals surface area contributed by atoms with Gasteiger partial charge in [-0.2, -0.15) is 0 Å². The molecule has 0 amide bonds. The van der Waals surface area contributed by atoms with E-state index in [9.17, 15) is 5.11 Å². The Balaban J connectivity index is 2.70. The van der Waals surface area contributed by atoms with Gasteiger partial charge in [-0.05, 0) is 20.8 Å². The van der Waals surface area contributed by atoms with Crippen molar-refractivity contribution in [1.82, 2.24) is 5.32 Å². The lowest BCUT2D eigenvalue weighted by molar-refractivity contribution is -0.250. The zero-order valence-corrected chi connectivity index (χ0v) is 6.77. The molecule has 1 heterocycles. The van der Waals surface area contributed by atoms with Gasteiger partial charge in [-0.3, -0.25) is 0 Å². The normalized spacial score (nSPS) is 39.6. The molecule has 1 unspecified atom stereocenters. The molecule has 0 aromatic carbocycles. The summed E-state index contributed by atoms with van der Waals surface area (Å²) in [5.74, 6) is -1.04. The Hall–Kier alpha value is -0.120. The summed E-state index contributed by atoms with van der Waals surface area (Å²) in [6.45, 7) is 6.91. The molecule has 10 heavy (non-hydrogen) atoms. The van der Waals surface area contributed by atoms with Crippen LogP contribution in [0.25, 0.3) is 0 Å². The molecular weight excluding hydrogens is 130 g/mol. The van der Waals surface area contributed by atoms with Crippen molar-refractivity contribution in [3.8, 4) is 0 Å². The van der Waals surface area contributed by atoms with E-state index in [0.717, 1.165) is 6.54 Å². The molecule has 0 radical (unpaired) electrons. The highest BCUT2D eigenvalue weighted by molar-refractivity contribution is 4.92. The fraction of sp³-hybridized carbons (Fsp3) is 1.00. The van der Waals surface area contributed by atoms with Crippen LogP contribution in [-0.2, 0) is 4.74 Å². The van der Waals surface area contributed by atoms with Crippen molar-refractivity contribution in [3.63, 3.8) is 0 Å². The molecule has 1 fully saturated rings. The molecule has 1 aliphatic heterocycles. The highest BCUT2D eigenvalue weighted by Crippen LogP contribution is 2.24. The number of aliphatic hydroxyl groups is 1. The van der Waals surface area contributed by atoms with Crippen LogP contribution in [0.15, 0.2) is 0 Å². The van der Waals surface area contributed by atoms with E-state index >= 15 is 0 Å². The fourth-order valence-electron chi connectivity index (χ4n) is 0.958. The summed E-state index contributed by atoms with van der Waals surface area (Å²) in [7, 11) is 0. The number of ether oxygens (including phenoxy) is 1. The third-order valence-corrected chi connectivity index (χ3v) is 2.21. The average molecular weight is 145 g/mol. The van der Waals surface area contributed by atoms with Gasteiger partial charge in [0.2, 0.25) is 0 Å². The van der Waals surface area contributed by atoms with E-state index < -0.39 is 5.79 Å². The second kappa shape index (κ2) is 2.19. The Labute approximate surface area is 61.4 Å². The largest absolute Gasteiger partial charge is 0.364 e. The van der Waals surface area contributed by atoms with Gasteiger partial charge in [-0.15, -0.1) is 0 Å². The second-order valence-corrected chi connectivity index (χ2v) is 3.38. The van der Waals surface area contributed by atoms with Crippen LogP contribution in [0.5, 0.6) is 0 Å². The molecule has 0 aromatic rings. The first-order chi connectivity index (χ1) is 4.46. The number of nitrogens with one attached hydrogen (secondary N) is 1. The van der Waals surface area contributed by atoms with Crippen molar-refractivity contribution in [1.29, 1.82) is 0 Å². The van der Waals surface area contributed by atoms with Crippen molar-refractivity contribution >= 4 is 0 Å². The van der Waals surface area contributed by atoms with Crippen LogP contribution in [0.1, 0.15) is 20.8 Å². The van der Waals surface area contributed by atoms with Gasteiger partial charge in [-0.1, -0.05) is 0 Å². The van der Waals surface area contributed by atoms with Gasteiger partial charge in [0.05, 0.1) is 12.1 Å². The lowest BCUT2D eigenvalue weighted by Crippen LogP contribution is -2.63. The Morgan fingerprint density at radius 1 is 1.40 bits per heavy atom. The zero-order valence-electron chi connectivity index (χ0n) is 6.77. The molecule has 1 atom stereocenters. The maximum absolute atomic E-state index is 9.62. The molecule has 2 N–H and O–H groups in total. The Morgan fingerprint density at radius 3 is 2.30 bits per heavy atom. The molecule has 0 saturated carbocycles. The van der Waals surface area contributed by atoms with Crippen molar-refractivity contribution in [2.24, 2.45) is 0 Å². The van der Waals surface area contributed by atoms with E-state index in [1.807, 2.05) is 13.8 Å². The Bertz CT molecular complexity index is 116. The third kappa shape index (κ3) is 1.17. The Kier molecular flexibility index (Phi) is 1.75. The molecule has 0 aliphatic carbocycles. The van der Waals surface area contributed by atoms with Gasteiger partial charge in [0.25, 0.3) is 0 Å². The zero-order chi connectivity index (χ0) is 7.83. The topological polar surface area (TPSA) is 41.5 Å². The molecule has 0 spiro atoms. The van der Waals surface area contributed by atoms with Crippen molar-refractivity contribution in [3.05, 3.63) is 0 Å². The maximum atomic E-state index is 9.62. The molecule has 3 heteroatoms. The van der Waals surface area contributed by atoms with E-state index in [-0.39, 0.29) is 5.54 Å². The lowest BCUT2D eigenvalue weighted by atomic mass is 9.93. The summed E-state index contributed by atoms with van der Waals surface area (Å²) in [5.41, 5.74) is -0.342. The molecule has 0 bridgehead atoms. The predicted octanol–water partition coefficient (Wildman–Crippen LogP) is 0.0933. The summed E-state index contributed by atoms with van der Waals surface area (Å²) in [6.07, 6.45) is 0. The number of rotatable bonds is 0. The highest BCUT2D eigenvalue weighted by Gasteiger charge is 2.42. The first-order valence-electron chi connectivity index (χ1n) is 3.57. The van der Waals surface area contributed by atoms with Crippen molar-refractivity contribution < 1.29 is 9.84 Å². The van der Waals surface area contributed by atoms with E-state index in [4.69, 9.17) is 4.74 Å². The Morgan fingerprint density at radius 2 is 2.00 bits per heavy atom. The molecule has 3 nitrogen and oxygen atoms in total. The van der Waals surface area contributed by atoms with Crippen LogP contribution < -0.4 is 5.32 Å². The van der Waals surface area contributed by atoms with Gasteiger partial charge in [0, 0.05) is 6.54 Å². The standard InChI is InChI=1S/C7H15NO2/c1-6(2)7(3,9)10-5-4-8-6/h8-9H,4-5H2,1-3H3. The quantitative estimate of drug-likeness (QED) is 0.507. The van der Waals surface area contributed by atoms with Crippen LogP contribution >= 0.6 is 0 Å². The summed E-state index contributed by atoms with van der Waals surface area (Å²) in [6, 6.07) is 0. The molecule has 0 aromatic heterocycles. The summed E-state index contributed by atoms with van der Waals surface area (Å²) in [4.78, 5) is 0. The van der Waals surface area contributed by atoms with Gasteiger partial charge < -0.3 is 15.2 Å². The van der Waals surface area contributed by atoms with E-state index in [0.29, 0.717) is 6.61 Å². The minimum absolute atomic E-state index is 0.342. The van der Waals surface area contributed by atoms with Gasteiger partial charge in [0.1, 0.15) is 0 Å². The highest BCUT2D eigenvalue weighted by atomic mass is 16.6. The van der Waals surface area contributed by atoms with Crippen molar-refractivity contribution in [2.45, 2.75) is 32.1 Å². The fourth-order valence-corrected chi connectivity index (χ4v) is 0.958. The van der Waals surface area contributed by atoms with Gasteiger partial charge in [-0.25, -0.2) is 0 Å². The molecular formula is C7H15NO2. The number of morpholine rings is 1. The monoisotopic (exact) mass is 145 g/mol. The minimum atomic E-state index is -1.04. The van der Waals surface area contributed by atoms with Crippen LogP contribution in [0.3, 0.4) is 0 Å². The average Bonchev–Trinajstić information content (AvgIpc) is 1.77. The first kappa shape index (κ1) is 7.98. The number of hydrogen-bond acceptors (Lipinski definition) is 3. The van der Waals surface area contributed by atoms with E-state index in [1.165, 1.54) is 0 Å². The summed E-state index contributed by atoms with van der Waals surface area (Å²) in [5, 5.41) is 12.8. The SMILES string of the molecule is CC1(C)NCCOC1(C)O. The van der Waals surface area contributed by atoms with E-state index in [1.54, 1.807) is 6.92 Å². The van der Waals surface area contributed by atoms with Crippen LogP contribution in [0, 0.1) is 0 Å². The second-order valence-electron chi connectivity index (χ2n) is 3.38. The molecule has 1 rings (SSSR count). The predicted molar refractivity (Wildman–Crippen MR) is 38.7 cm³/mol. The third-order valence-electron chi connectivity index (χ3n) is 2.21. The summed E-state index contributed by atoms with van der Waals surface area (Å²) >= 11 is 0. The van der Waals surface area contributed by atoms with Crippen LogP contribution in [-0.4, -0.2) is 29.6 Å². The maximum Gasteiger partial charge on any atom is 0.180 e. The molecule has 60 valence electrons. The lowest BCUT2D eigenvalue weighted by Gasteiger charge is -2.44. The molecule has 1 aliphatic rings. The molecule has 1 saturated heterocycles. The van der Waals surface area contributed by atoms with Crippen LogP contribution in [0.4, 0.5) is 0 Å². The van der Waals surface area contributed by atoms with E-state index in [2.05, 4.69) is 5.32 Å². The van der Waals surface area contributed by atoms with Crippen molar-refractivity contribution in [2.75, 3.05) is 13.2 Å². The van der Waals surface area contributed by atoms with Crippen LogP contribution in [0.2, 0.25) is 0 Å². The smallest absolute Gasteiger partial charge is 0.180 e.